The summed E-state index contributed by atoms with van der Waals surface area (Å²) in [6, 6.07) is 9.26. The Morgan fingerprint density at radius 3 is 2.68 bits per heavy atom. The Morgan fingerprint density at radius 2 is 2.00 bits per heavy atom. The molecule has 1 N–H and O–H groups in total. The van der Waals surface area contributed by atoms with E-state index in [2.05, 4.69) is 15.5 Å². The highest BCUT2D eigenvalue weighted by molar-refractivity contribution is 5.80. The monoisotopic (exact) mass is 260 g/mol. The molecule has 1 atom stereocenters. The van der Waals surface area contributed by atoms with Crippen LogP contribution in [0.2, 0.25) is 0 Å². The molecule has 0 aliphatic carbocycles. The van der Waals surface area contributed by atoms with Gasteiger partial charge in [-0.2, -0.15) is 15.0 Å². The van der Waals surface area contributed by atoms with E-state index >= 15 is 0 Å². The van der Waals surface area contributed by atoms with Gasteiger partial charge in [0, 0.05) is 6.54 Å². The van der Waals surface area contributed by atoms with Gasteiger partial charge >= 0.3 is 0 Å². The van der Waals surface area contributed by atoms with Crippen molar-refractivity contribution in [3.05, 3.63) is 42.7 Å². The highest BCUT2D eigenvalue weighted by Gasteiger charge is 2.13. The average molecular weight is 260 g/mol. The minimum absolute atomic E-state index is 0.156. The first kappa shape index (κ1) is 13.1. The zero-order valence-corrected chi connectivity index (χ0v) is 10.7. The number of ether oxygens (including phenoxy) is 1. The Morgan fingerprint density at radius 1 is 1.32 bits per heavy atom. The number of nitrogens with one attached hydrogen (secondary N) is 1. The van der Waals surface area contributed by atoms with Gasteiger partial charge in [0.05, 0.1) is 18.9 Å². The van der Waals surface area contributed by atoms with Crippen molar-refractivity contribution < 1.29 is 9.53 Å². The molecule has 0 aliphatic rings. The van der Waals surface area contributed by atoms with Gasteiger partial charge in [0.2, 0.25) is 0 Å². The van der Waals surface area contributed by atoms with Gasteiger partial charge in [0.1, 0.15) is 5.75 Å². The van der Waals surface area contributed by atoms with Crippen LogP contribution in [0.4, 0.5) is 0 Å². The molecule has 1 aromatic carbocycles. The standard InChI is InChI=1S/C13H16N4O2/c1-11(19-12-5-3-2-4-6-12)13(18)14-9-10-17-15-7-8-16-17/h2-8,11H,9-10H2,1H3,(H,14,18). The first-order valence-corrected chi connectivity index (χ1v) is 6.09. The number of benzene rings is 1. The number of nitrogens with zero attached hydrogens (tertiary/aromatic N) is 3. The molecule has 6 heteroatoms. The summed E-state index contributed by atoms with van der Waals surface area (Å²) < 4.78 is 5.51. The first-order chi connectivity index (χ1) is 9.25. The number of aromatic nitrogens is 3. The zero-order valence-electron chi connectivity index (χ0n) is 10.7. The topological polar surface area (TPSA) is 69.0 Å². The second-order valence-electron chi connectivity index (χ2n) is 3.99. The fourth-order valence-electron chi connectivity index (χ4n) is 1.54. The lowest BCUT2D eigenvalue weighted by molar-refractivity contribution is -0.127. The van der Waals surface area contributed by atoms with E-state index in [0.717, 1.165) is 0 Å². The third-order valence-corrected chi connectivity index (χ3v) is 2.50. The molecule has 19 heavy (non-hydrogen) atoms. The molecule has 1 aromatic heterocycles. The predicted octanol–water partition coefficient (Wildman–Crippen LogP) is 0.862. The van der Waals surface area contributed by atoms with E-state index in [0.29, 0.717) is 18.8 Å². The number of rotatable bonds is 6. The Balaban J connectivity index is 1.73. The molecule has 2 rings (SSSR count). The molecule has 2 aromatic rings. The van der Waals surface area contributed by atoms with E-state index in [9.17, 15) is 4.79 Å². The summed E-state index contributed by atoms with van der Waals surface area (Å²) in [5, 5.41) is 10.7. The molecule has 1 heterocycles. The number of carbonyl (C=O) groups excluding carboxylic acids is 1. The second kappa shape index (κ2) is 6.53. The Hall–Kier alpha value is -2.37. The van der Waals surface area contributed by atoms with E-state index in [-0.39, 0.29) is 5.91 Å². The molecular weight excluding hydrogens is 244 g/mol. The summed E-state index contributed by atoms with van der Waals surface area (Å²) >= 11 is 0. The van der Waals surface area contributed by atoms with Crippen molar-refractivity contribution in [3.8, 4) is 5.75 Å². The van der Waals surface area contributed by atoms with Crippen LogP contribution in [0, 0.1) is 0 Å². The third kappa shape index (κ3) is 4.09. The molecule has 0 bridgehead atoms. The largest absolute Gasteiger partial charge is 0.481 e. The SMILES string of the molecule is CC(Oc1ccccc1)C(=O)NCCn1nccn1. The third-order valence-electron chi connectivity index (χ3n) is 2.50. The molecule has 0 spiro atoms. The van der Waals surface area contributed by atoms with E-state index in [4.69, 9.17) is 4.74 Å². The van der Waals surface area contributed by atoms with Crippen LogP contribution >= 0.6 is 0 Å². The van der Waals surface area contributed by atoms with Crippen LogP contribution in [0.1, 0.15) is 6.92 Å². The van der Waals surface area contributed by atoms with Crippen LogP contribution in [0.3, 0.4) is 0 Å². The molecule has 1 amide bonds. The lowest BCUT2D eigenvalue weighted by Gasteiger charge is -2.14. The van der Waals surface area contributed by atoms with Crippen LogP contribution < -0.4 is 10.1 Å². The highest BCUT2D eigenvalue weighted by Crippen LogP contribution is 2.10. The van der Waals surface area contributed by atoms with Crippen LogP contribution in [-0.2, 0) is 11.3 Å². The maximum atomic E-state index is 11.8. The molecule has 100 valence electrons. The Labute approximate surface area is 111 Å². The normalized spacial score (nSPS) is 11.8. The minimum atomic E-state index is -0.534. The second-order valence-corrected chi connectivity index (χ2v) is 3.99. The van der Waals surface area contributed by atoms with Crippen molar-refractivity contribution in [2.45, 2.75) is 19.6 Å². The van der Waals surface area contributed by atoms with Crippen LogP contribution in [0.25, 0.3) is 0 Å². The summed E-state index contributed by atoms with van der Waals surface area (Å²) in [5.74, 6) is 0.523. The van der Waals surface area contributed by atoms with Crippen molar-refractivity contribution >= 4 is 5.91 Å². The molecule has 0 aliphatic heterocycles. The molecule has 0 radical (unpaired) electrons. The Bertz CT molecular complexity index is 499. The highest BCUT2D eigenvalue weighted by atomic mass is 16.5. The van der Waals surface area contributed by atoms with Crippen LogP contribution in [0.5, 0.6) is 5.75 Å². The quantitative estimate of drug-likeness (QED) is 0.836. The van der Waals surface area contributed by atoms with Crippen molar-refractivity contribution in [1.82, 2.24) is 20.3 Å². The lowest BCUT2D eigenvalue weighted by Crippen LogP contribution is -2.38. The summed E-state index contributed by atoms with van der Waals surface area (Å²) in [5.41, 5.74) is 0. The smallest absolute Gasteiger partial charge is 0.260 e. The number of carbonyl (C=O) groups is 1. The van der Waals surface area contributed by atoms with Gasteiger partial charge in [-0.25, -0.2) is 0 Å². The maximum Gasteiger partial charge on any atom is 0.260 e. The lowest BCUT2D eigenvalue weighted by atomic mass is 10.3. The molecule has 1 unspecified atom stereocenters. The number of hydrogen-bond donors (Lipinski definition) is 1. The fraction of sp³-hybridized carbons (Fsp3) is 0.308. The van der Waals surface area contributed by atoms with Gasteiger partial charge < -0.3 is 10.1 Å². The molecule has 0 saturated carbocycles. The summed E-state index contributed by atoms with van der Waals surface area (Å²) in [7, 11) is 0. The van der Waals surface area contributed by atoms with Gasteiger partial charge in [-0.05, 0) is 19.1 Å². The van der Waals surface area contributed by atoms with E-state index in [1.807, 2.05) is 30.3 Å². The van der Waals surface area contributed by atoms with Crippen molar-refractivity contribution in [1.29, 1.82) is 0 Å². The Kier molecular flexibility index (Phi) is 4.49. The van der Waals surface area contributed by atoms with Gasteiger partial charge in [-0.15, -0.1) is 0 Å². The maximum absolute atomic E-state index is 11.8. The molecular formula is C13H16N4O2. The summed E-state index contributed by atoms with van der Waals surface area (Å²) in [4.78, 5) is 13.3. The van der Waals surface area contributed by atoms with Gasteiger partial charge in [0.15, 0.2) is 6.10 Å². The molecule has 0 fully saturated rings. The van der Waals surface area contributed by atoms with Crippen LogP contribution in [0.15, 0.2) is 42.7 Å². The average Bonchev–Trinajstić information content (AvgIpc) is 2.93. The molecule has 0 saturated heterocycles. The van der Waals surface area contributed by atoms with Crippen LogP contribution in [-0.4, -0.2) is 33.5 Å². The van der Waals surface area contributed by atoms with Gasteiger partial charge in [-0.1, -0.05) is 18.2 Å². The van der Waals surface area contributed by atoms with E-state index in [1.54, 1.807) is 19.3 Å². The van der Waals surface area contributed by atoms with Crippen molar-refractivity contribution in [2.24, 2.45) is 0 Å². The summed E-state index contributed by atoms with van der Waals surface area (Å²) in [6.07, 6.45) is 2.67. The van der Waals surface area contributed by atoms with E-state index in [1.165, 1.54) is 4.80 Å². The fourth-order valence-corrected chi connectivity index (χ4v) is 1.54. The number of hydrogen-bond acceptors (Lipinski definition) is 4. The summed E-state index contributed by atoms with van der Waals surface area (Å²) in [6.45, 7) is 2.72. The number of amides is 1. The minimum Gasteiger partial charge on any atom is -0.481 e. The number of para-hydroxylation sites is 1. The van der Waals surface area contributed by atoms with Gasteiger partial charge in [0.25, 0.3) is 5.91 Å². The van der Waals surface area contributed by atoms with Gasteiger partial charge in [-0.3, -0.25) is 4.79 Å². The molecule has 6 nitrogen and oxygen atoms in total. The van der Waals surface area contributed by atoms with Crippen molar-refractivity contribution in [2.75, 3.05) is 6.54 Å². The van der Waals surface area contributed by atoms with Crippen molar-refractivity contribution in [3.63, 3.8) is 0 Å². The predicted molar refractivity (Wildman–Crippen MR) is 69.6 cm³/mol. The van der Waals surface area contributed by atoms with E-state index < -0.39 is 6.10 Å². The zero-order chi connectivity index (χ0) is 13.5. The first-order valence-electron chi connectivity index (χ1n) is 6.09.